The summed E-state index contributed by atoms with van der Waals surface area (Å²) in [5, 5.41) is 1.36. The first-order valence-electron chi connectivity index (χ1n) is 7.87. The van der Waals surface area contributed by atoms with E-state index < -0.39 is 9.84 Å². The molecule has 2 aromatic rings. The average molecular weight is 303 g/mol. The van der Waals surface area contributed by atoms with Crippen molar-refractivity contribution >= 4 is 20.7 Å². The molecule has 0 saturated heterocycles. The van der Waals surface area contributed by atoms with Crippen LogP contribution in [0.15, 0.2) is 35.4 Å². The Hall–Kier alpha value is -1.29. The van der Waals surface area contributed by atoms with Gasteiger partial charge in [0.05, 0.1) is 5.75 Å². The summed E-state index contributed by atoms with van der Waals surface area (Å²) >= 11 is 0. The van der Waals surface area contributed by atoms with Gasteiger partial charge >= 0.3 is 0 Å². The molecule has 0 amide bonds. The van der Waals surface area contributed by atoms with E-state index in [1.165, 1.54) is 25.7 Å². The normalized spacial score (nSPS) is 24.5. The first kappa shape index (κ1) is 13.4. The second kappa shape index (κ2) is 4.60. The SMILES string of the molecule is O=S(=O)(CC1CCCC2(CC2)C1)c1cc2ccccc2[nH]1. The summed E-state index contributed by atoms with van der Waals surface area (Å²) < 4.78 is 25.3. The number of para-hydroxylation sites is 1. The van der Waals surface area contributed by atoms with Crippen LogP contribution in [0.3, 0.4) is 0 Å². The Morgan fingerprint density at radius 3 is 2.76 bits per heavy atom. The van der Waals surface area contributed by atoms with Gasteiger partial charge in [-0.05, 0) is 55.6 Å². The van der Waals surface area contributed by atoms with Gasteiger partial charge in [-0.15, -0.1) is 0 Å². The van der Waals surface area contributed by atoms with E-state index in [0.29, 0.717) is 22.1 Å². The third-order valence-corrected chi connectivity index (χ3v) is 7.09. The summed E-state index contributed by atoms with van der Waals surface area (Å²) in [6.07, 6.45) is 7.34. The van der Waals surface area contributed by atoms with E-state index in [0.717, 1.165) is 23.7 Å². The molecule has 2 fully saturated rings. The van der Waals surface area contributed by atoms with Crippen LogP contribution >= 0.6 is 0 Å². The largest absolute Gasteiger partial charge is 0.346 e. The Morgan fingerprint density at radius 2 is 2.00 bits per heavy atom. The van der Waals surface area contributed by atoms with Gasteiger partial charge in [-0.25, -0.2) is 8.42 Å². The standard InChI is InChI=1S/C17H21NO2S/c19-21(20,12-13-4-3-7-17(11-13)8-9-17)16-10-14-5-1-2-6-15(14)18-16/h1-2,5-6,10,13,18H,3-4,7-9,11-12H2. The molecule has 0 aliphatic heterocycles. The van der Waals surface area contributed by atoms with Gasteiger partial charge in [0.1, 0.15) is 5.03 Å². The molecule has 4 rings (SSSR count). The van der Waals surface area contributed by atoms with Crippen molar-refractivity contribution in [3.8, 4) is 0 Å². The fraction of sp³-hybridized carbons (Fsp3) is 0.529. The molecule has 1 heterocycles. The van der Waals surface area contributed by atoms with Crippen molar-refractivity contribution in [2.45, 2.75) is 43.6 Å². The van der Waals surface area contributed by atoms with Crippen molar-refractivity contribution in [2.24, 2.45) is 11.3 Å². The highest BCUT2D eigenvalue weighted by Gasteiger charge is 2.46. The van der Waals surface area contributed by atoms with Gasteiger partial charge in [-0.3, -0.25) is 0 Å². The maximum absolute atomic E-state index is 12.7. The molecule has 1 aromatic heterocycles. The fourth-order valence-corrected chi connectivity index (χ4v) is 5.63. The molecular formula is C17H21NO2S. The van der Waals surface area contributed by atoms with Crippen LogP contribution < -0.4 is 0 Å². The van der Waals surface area contributed by atoms with E-state index in [2.05, 4.69) is 4.98 Å². The van der Waals surface area contributed by atoms with Gasteiger partial charge in [0.15, 0.2) is 9.84 Å². The topological polar surface area (TPSA) is 49.9 Å². The van der Waals surface area contributed by atoms with Crippen molar-refractivity contribution in [3.63, 3.8) is 0 Å². The van der Waals surface area contributed by atoms with Gasteiger partial charge in [-0.2, -0.15) is 0 Å². The summed E-state index contributed by atoms with van der Waals surface area (Å²) in [5.41, 5.74) is 1.43. The molecule has 1 aromatic carbocycles. The van der Waals surface area contributed by atoms with E-state index in [9.17, 15) is 8.42 Å². The highest BCUT2D eigenvalue weighted by molar-refractivity contribution is 7.91. The minimum Gasteiger partial charge on any atom is -0.346 e. The molecule has 1 unspecified atom stereocenters. The van der Waals surface area contributed by atoms with Crippen LogP contribution in [0, 0.1) is 11.3 Å². The molecule has 1 spiro atoms. The maximum Gasteiger partial charge on any atom is 0.193 e. The molecule has 2 aliphatic rings. The Balaban J connectivity index is 1.57. The number of hydrogen-bond donors (Lipinski definition) is 1. The molecule has 1 atom stereocenters. The minimum absolute atomic E-state index is 0.307. The Labute approximate surface area is 125 Å². The monoisotopic (exact) mass is 303 g/mol. The van der Waals surface area contributed by atoms with Crippen LogP contribution in [0.2, 0.25) is 0 Å². The lowest BCUT2D eigenvalue weighted by molar-refractivity contribution is 0.264. The first-order valence-corrected chi connectivity index (χ1v) is 9.52. The van der Waals surface area contributed by atoms with Crippen LogP contribution in [0.1, 0.15) is 38.5 Å². The van der Waals surface area contributed by atoms with Crippen LogP contribution in [-0.2, 0) is 9.84 Å². The lowest BCUT2D eigenvalue weighted by atomic mass is 9.80. The second-order valence-corrected chi connectivity index (χ2v) is 8.97. The van der Waals surface area contributed by atoms with Crippen LogP contribution in [0.4, 0.5) is 0 Å². The highest BCUT2D eigenvalue weighted by atomic mass is 32.2. The molecule has 0 bridgehead atoms. The third-order valence-electron chi connectivity index (χ3n) is 5.29. The Bertz CT molecular complexity index is 738. The molecule has 112 valence electrons. The molecule has 21 heavy (non-hydrogen) atoms. The van der Waals surface area contributed by atoms with Gasteiger partial charge in [0, 0.05) is 10.9 Å². The minimum atomic E-state index is -3.20. The van der Waals surface area contributed by atoms with Gasteiger partial charge in [0.2, 0.25) is 0 Å². The van der Waals surface area contributed by atoms with Gasteiger partial charge in [0.25, 0.3) is 0 Å². The molecule has 0 radical (unpaired) electrons. The molecule has 4 heteroatoms. The first-order chi connectivity index (χ1) is 10.1. The Morgan fingerprint density at radius 1 is 1.19 bits per heavy atom. The second-order valence-electron chi connectivity index (χ2n) is 6.96. The number of hydrogen-bond acceptors (Lipinski definition) is 2. The summed E-state index contributed by atoms with van der Waals surface area (Å²) in [7, 11) is -3.20. The predicted octanol–water partition coefficient (Wildman–Crippen LogP) is 3.91. The number of aromatic nitrogens is 1. The number of nitrogens with one attached hydrogen (secondary N) is 1. The van der Waals surface area contributed by atoms with E-state index in [4.69, 9.17) is 0 Å². The summed E-state index contributed by atoms with van der Waals surface area (Å²) in [6.45, 7) is 0. The molecule has 3 nitrogen and oxygen atoms in total. The van der Waals surface area contributed by atoms with Crippen LogP contribution in [0.5, 0.6) is 0 Å². The molecular weight excluding hydrogens is 282 g/mol. The van der Waals surface area contributed by atoms with E-state index >= 15 is 0 Å². The van der Waals surface area contributed by atoms with Crippen LogP contribution in [0.25, 0.3) is 10.9 Å². The zero-order valence-corrected chi connectivity index (χ0v) is 13.0. The molecule has 1 N–H and O–H groups in total. The van der Waals surface area contributed by atoms with Crippen molar-refractivity contribution < 1.29 is 8.42 Å². The van der Waals surface area contributed by atoms with Crippen molar-refractivity contribution in [1.82, 2.24) is 4.98 Å². The van der Waals surface area contributed by atoms with E-state index in [-0.39, 0.29) is 0 Å². The average Bonchev–Trinajstić information content (AvgIpc) is 3.04. The number of sulfone groups is 1. The molecule has 2 aliphatic carbocycles. The Kier molecular flexibility index (Phi) is 2.93. The van der Waals surface area contributed by atoms with Crippen LogP contribution in [-0.4, -0.2) is 19.2 Å². The number of H-pyrrole nitrogens is 1. The summed E-state index contributed by atoms with van der Waals surface area (Å²) in [6, 6.07) is 9.51. The lowest BCUT2D eigenvalue weighted by Crippen LogP contribution is -2.24. The number of aromatic amines is 1. The van der Waals surface area contributed by atoms with E-state index in [1.54, 1.807) is 6.07 Å². The van der Waals surface area contributed by atoms with Gasteiger partial charge in [-0.1, -0.05) is 24.6 Å². The highest BCUT2D eigenvalue weighted by Crippen LogP contribution is 2.57. The summed E-state index contributed by atoms with van der Waals surface area (Å²) in [5.74, 6) is 0.652. The third kappa shape index (κ3) is 2.50. The number of fused-ring (bicyclic) bond motifs is 1. The number of benzene rings is 1. The molecule has 2 saturated carbocycles. The van der Waals surface area contributed by atoms with Crippen molar-refractivity contribution in [3.05, 3.63) is 30.3 Å². The lowest BCUT2D eigenvalue weighted by Gasteiger charge is -2.28. The maximum atomic E-state index is 12.7. The van der Waals surface area contributed by atoms with Crippen molar-refractivity contribution in [2.75, 3.05) is 5.75 Å². The number of rotatable bonds is 3. The van der Waals surface area contributed by atoms with Crippen molar-refractivity contribution in [1.29, 1.82) is 0 Å². The van der Waals surface area contributed by atoms with E-state index in [1.807, 2.05) is 24.3 Å². The smallest absolute Gasteiger partial charge is 0.193 e. The predicted molar refractivity (Wildman–Crippen MR) is 84.0 cm³/mol. The zero-order chi connectivity index (χ0) is 14.5. The summed E-state index contributed by atoms with van der Waals surface area (Å²) in [4.78, 5) is 3.07. The quantitative estimate of drug-likeness (QED) is 0.934. The zero-order valence-electron chi connectivity index (χ0n) is 12.1. The van der Waals surface area contributed by atoms with Gasteiger partial charge < -0.3 is 4.98 Å². The fourth-order valence-electron chi connectivity index (χ4n) is 3.97.